The lowest BCUT2D eigenvalue weighted by Gasteiger charge is -2.23. The first kappa shape index (κ1) is 58.0. The van der Waals surface area contributed by atoms with Crippen LogP contribution in [0.3, 0.4) is 0 Å². The Morgan fingerprint density at radius 2 is 0.712 bits per heavy atom. The van der Waals surface area contributed by atoms with Gasteiger partial charge in [0.05, 0.1) is 54.2 Å². The Morgan fingerprint density at radius 3 is 1.08 bits per heavy atom. The molecule has 0 aliphatic heterocycles. The van der Waals surface area contributed by atoms with E-state index in [2.05, 4.69) is 22.6 Å². The van der Waals surface area contributed by atoms with Gasteiger partial charge in [0.1, 0.15) is 39.9 Å². The van der Waals surface area contributed by atoms with Crippen LogP contribution in [-0.2, 0) is 43.8 Å². The fraction of sp³-hybridized carbons (Fsp3) is 0.327. The first-order valence-corrected chi connectivity index (χ1v) is 21.6. The van der Waals surface area contributed by atoms with Crippen molar-refractivity contribution < 1.29 is 110 Å². The van der Waals surface area contributed by atoms with E-state index in [1.165, 1.54) is 24.3 Å². The molecule has 0 heterocycles. The summed E-state index contributed by atoms with van der Waals surface area (Å²) in [4.78, 5) is 61.3. The van der Waals surface area contributed by atoms with Crippen molar-refractivity contribution >= 4 is 29.8 Å². The van der Waals surface area contributed by atoms with Gasteiger partial charge in [0, 0.05) is 12.2 Å². The highest BCUT2D eigenvalue weighted by Crippen LogP contribution is 2.49. The zero-order valence-electron chi connectivity index (χ0n) is 37.9. The number of halogens is 12. The van der Waals surface area contributed by atoms with E-state index in [9.17, 15) is 76.7 Å². The minimum atomic E-state index is -6.23. The molecular weight excluding hydrogens is 1010 g/mol. The number of carbonyl (C=O) groups excluding carboxylic acids is 5. The maximum Gasteiger partial charge on any atom is 0.420 e. The molecule has 0 spiro atoms. The van der Waals surface area contributed by atoms with E-state index in [1.54, 1.807) is 0 Å². The number of hydrogen-bond acceptors (Lipinski definition) is 12. The van der Waals surface area contributed by atoms with Gasteiger partial charge < -0.3 is 33.2 Å². The van der Waals surface area contributed by atoms with Gasteiger partial charge in [0.2, 0.25) is 0 Å². The van der Waals surface area contributed by atoms with E-state index in [1.807, 2.05) is 0 Å². The molecule has 0 saturated heterocycles. The minimum Gasteiger partial charge on any atom is -0.494 e. The van der Waals surface area contributed by atoms with Gasteiger partial charge in [-0.15, -0.1) is 0 Å². The van der Waals surface area contributed by atoms with Crippen LogP contribution in [0.4, 0.5) is 52.7 Å². The smallest absolute Gasteiger partial charge is 0.420 e. The maximum absolute atomic E-state index is 14.6. The molecule has 0 atom stereocenters. The van der Waals surface area contributed by atoms with E-state index in [-0.39, 0.29) is 62.2 Å². The largest absolute Gasteiger partial charge is 0.494 e. The van der Waals surface area contributed by atoms with Gasteiger partial charge in [-0.3, -0.25) is 0 Å². The highest BCUT2D eigenvalue weighted by atomic mass is 19.4. The fourth-order valence-electron chi connectivity index (χ4n) is 6.55. The molecule has 4 aromatic rings. The molecule has 0 radical (unpaired) electrons. The summed E-state index contributed by atoms with van der Waals surface area (Å²) in [5.74, 6) is -11.7. The van der Waals surface area contributed by atoms with E-state index in [4.69, 9.17) is 23.7 Å². The molecule has 4 rings (SSSR count). The van der Waals surface area contributed by atoms with Crippen molar-refractivity contribution in [1.29, 1.82) is 0 Å². The summed E-state index contributed by atoms with van der Waals surface area (Å²) in [5, 5.41) is 0. The van der Waals surface area contributed by atoms with Gasteiger partial charge in [-0.05, 0) is 124 Å². The Kier molecular flexibility index (Phi) is 20.5. The second kappa shape index (κ2) is 25.7. The Morgan fingerprint density at radius 1 is 0.384 bits per heavy atom. The molecular formula is C49H42F12O12. The predicted molar refractivity (Wildman–Crippen MR) is 231 cm³/mol. The van der Waals surface area contributed by atoms with Crippen LogP contribution in [0.5, 0.6) is 28.7 Å². The molecule has 0 aliphatic rings. The SMILES string of the molecule is C=CC(=O)OCCCCCCOc1ccc(OC(=O)c2ccc(OC(=O)c3ccc(OC(=O)c4ccc(OCCCCCCOC(=O)C=C)cc4)c(C(F)(F)F)c3C(F)(F)F)c(C(F)(F)F)c2C(F)(F)F)cc1. The zero-order valence-corrected chi connectivity index (χ0v) is 37.9. The number of hydrogen-bond donors (Lipinski definition) is 0. The molecule has 0 fully saturated rings. The number of benzene rings is 4. The van der Waals surface area contributed by atoms with Crippen molar-refractivity contribution in [2.24, 2.45) is 0 Å². The third kappa shape index (κ3) is 17.3. The predicted octanol–water partition coefficient (Wildman–Crippen LogP) is 12.8. The van der Waals surface area contributed by atoms with Crippen molar-refractivity contribution in [2.75, 3.05) is 26.4 Å². The third-order valence-electron chi connectivity index (χ3n) is 9.87. The van der Waals surface area contributed by atoms with Gasteiger partial charge in [0.25, 0.3) is 0 Å². The molecule has 0 aliphatic carbocycles. The van der Waals surface area contributed by atoms with Crippen LogP contribution in [0, 0.1) is 0 Å². The maximum atomic E-state index is 14.6. The van der Waals surface area contributed by atoms with Crippen molar-refractivity contribution in [2.45, 2.75) is 76.1 Å². The van der Waals surface area contributed by atoms with Crippen LogP contribution in [0.1, 0.15) is 105 Å². The van der Waals surface area contributed by atoms with Crippen molar-refractivity contribution in [1.82, 2.24) is 0 Å². The molecule has 0 saturated carbocycles. The summed E-state index contributed by atoms with van der Waals surface area (Å²) in [5.41, 5.74) is -16.0. The fourth-order valence-corrected chi connectivity index (χ4v) is 6.55. The molecule has 0 amide bonds. The quantitative estimate of drug-likeness (QED) is 0.0216. The van der Waals surface area contributed by atoms with Crippen LogP contribution in [0.15, 0.2) is 98.1 Å². The zero-order chi connectivity index (χ0) is 54.1. The first-order valence-electron chi connectivity index (χ1n) is 21.6. The lowest BCUT2D eigenvalue weighted by Crippen LogP contribution is -2.27. The highest BCUT2D eigenvalue weighted by molar-refractivity contribution is 5.97. The average Bonchev–Trinajstić information content (AvgIpc) is 3.31. The van der Waals surface area contributed by atoms with E-state index in [0.29, 0.717) is 51.4 Å². The number of rotatable bonds is 24. The summed E-state index contributed by atoms with van der Waals surface area (Å²) in [6.07, 6.45) is -17.8. The molecule has 4 aromatic carbocycles. The number of alkyl halides is 12. The molecule has 24 heteroatoms. The van der Waals surface area contributed by atoms with Gasteiger partial charge in [0.15, 0.2) is 0 Å². The Labute approximate surface area is 407 Å². The Balaban J connectivity index is 1.53. The molecule has 73 heavy (non-hydrogen) atoms. The van der Waals surface area contributed by atoms with Crippen LogP contribution in [-0.4, -0.2) is 56.3 Å². The first-order chi connectivity index (χ1) is 34.3. The number of carbonyl (C=O) groups is 5. The summed E-state index contributed by atoms with van der Waals surface area (Å²) in [7, 11) is 0. The molecule has 0 N–H and O–H groups in total. The molecule has 0 bridgehead atoms. The van der Waals surface area contributed by atoms with Gasteiger partial charge in [-0.2, -0.15) is 52.7 Å². The number of ether oxygens (including phenoxy) is 7. The normalized spacial score (nSPS) is 11.8. The van der Waals surface area contributed by atoms with Crippen LogP contribution < -0.4 is 23.7 Å². The van der Waals surface area contributed by atoms with Crippen molar-refractivity contribution in [3.63, 3.8) is 0 Å². The summed E-state index contributed by atoms with van der Waals surface area (Å²) < 4.78 is 209. The van der Waals surface area contributed by atoms with E-state index in [0.717, 1.165) is 36.4 Å². The average molecular weight is 1050 g/mol. The highest BCUT2D eigenvalue weighted by Gasteiger charge is 2.51. The van der Waals surface area contributed by atoms with Gasteiger partial charge in [-0.25, -0.2) is 24.0 Å². The minimum absolute atomic E-state index is 0.0355. The molecule has 0 aromatic heterocycles. The Hall–Kier alpha value is -7.53. The van der Waals surface area contributed by atoms with Gasteiger partial charge >= 0.3 is 54.6 Å². The number of unbranched alkanes of at least 4 members (excludes halogenated alkanes) is 6. The number of esters is 5. The second-order valence-corrected chi connectivity index (χ2v) is 15.1. The second-order valence-electron chi connectivity index (χ2n) is 15.1. The van der Waals surface area contributed by atoms with Crippen LogP contribution in [0.25, 0.3) is 0 Å². The van der Waals surface area contributed by atoms with Crippen LogP contribution in [0.2, 0.25) is 0 Å². The van der Waals surface area contributed by atoms with Crippen LogP contribution >= 0.6 is 0 Å². The lowest BCUT2D eigenvalue weighted by molar-refractivity contribution is -0.163. The lowest BCUT2D eigenvalue weighted by atomic mass is 9.97. The van der Waals surface area contributed by atoms with Gasteiger partial charge in [-0.1, -0.05) is 13.2 Å². The summed E-state index contributed by atoms with van der Waals surface area (Å²) >= 11 is 0. The standard InChI is InChI=1S/C49H42F12O12/c1-3-37(62)69-27-11-7-5-9-25-67-30-15-13-29(14-16-30)43(64)72-35-23-22-34(40(47(53,54)55)41(35)48(56,57)58)45(66)73-36-24-21-33(39(46(50,51)52)42(36)49(59,60)61)44(65)71-32-19-17-31(18-20-32)68-26-10-6-8-12-28-70-38(63)4-2/h3-4,13-24H,1-2,5-12,25-28H2. The Bertz CT molecular complexity index is 2580. The van der Waals surface area contributed by atoms with E-state index < -0.39 is 111 Å². The third-order valence-corrected chi connectivity index (χ3v) is 9.87. The summed E-state index contributed by atoms with van der Waals surface area (Å²) in [6.45, 7) is 7.25. The molecule has 0 unspecified atom stereocenters. The molecule has 12 nitrogen and oxygen atoms in total. The topological polar surface area (TPSA) is 150 Å². The van der Waals surface area contributed by atoms with E-state index >= 15 is 0 Å². The van der Waals surface area contributed by atoms with Crippen molar-refractivity contribution in [3.8, 4) is 28.7 Å². The monoisotopic (exact) mass is 1050 g/mol. The summed E-state index contributed by atoms with van der Waals surface area (Å²) in [6, 6.07) is 8.75. The van der Waals surface area contributed by atoms with Crippen molar-refractivity contribution in [3.05, 3.63) is 137 Å². The molecule has 394 valence electrons.